The minimum atomic E-state index is -1.34. The summed E-state index contributed by atoms with van der Waals surface area (Å²) in [5, 5.41) is 27.5. The fourth-order valence-corrected chi connectivity index (χ4v) is 5.21. The number of carbonyl (C=O) groups excluding carboxylic acids is 3. The highest BCUT2D eigenvalue weighted by molar-refractivity contribution is 5.94. The first-order valence-corrected chi connectivity index (χ1v) is 15.2. The first-order valence-electron chi connectivity index (χ1n) is 15.2. The maximum absolute atomic E-state index is 13.9. The minimum absolute atomic E-state index is 0.0115. The molecular formula is C34H34N8O7. The van der Waals surface area contributed by atoms with Crippen LogP contribution in [0.1, 0.15) is 16.7 Å². The van der Waals surface area contributed by atoms with Crippen molar-refractivity contribution in [2.75, 3.05) is 5.73 Å². The van der Waals surface area contributed by atoms with Crippen molar-refractivity contribution >= 4 is 40.8 Å². The van der Waals surface area contributed by atoms with E-state index in [9.17, 15) is 34.2 Å². The molecule has 15 heteroatoms. The number of nitrogens with one attached hydrogen (secondary N) is 4. The smallest absolute Gasteiger partial charge is 0.326 e. The lowest BCUT2D eigenvalue weighted by molar-refractivity contribution is -0.142. The van der Waals surface area contributed by atoms with Crippen molar-refractivity contribution in [3.05, 3.63) is 118 Å². The van der Waals surface area contributed by atoms with Gasteiger partial charge in [-0.1, -0.05) is 72.8 Å². The van der Waals surface area contributed by atoms with Crippen LogP contribution in [0, 0.1) is 0 Å². The van der Waals surface area contributed by atoms with E-state index in [-0.39, 0.29) is 48.7 Å². The van der Waals surface area contributed by atoms with Crippen LogP contribution in [0.5, 0.6) is 5.75 Å². The van der Waals surface area contributed by atoms with Gasteiger partial charge in [-0.2, -0.15) is 4.98 Å². The molecule has 3 aromatic carbocycles. The number of amides is 3. The number of phenolic OH excluding ortho intramolecular Hbond substituents is 1. The summed E-state index contributed by atoms with van der Waals surface area (Å²) in [5.41, 5.74) is 7.16. The molecule has 3 unspecified atom stereocenters. The molecule has 8 N–H and O–H groups in total. The number of phenols is 1. The average Bonchev–Trinajstić information content (AvgIpc) is 3.47. The third-order valence-electron chi connectivity index (χ3n) is 7.65. The van der Waals surface area contributed by atoms with E-state index in [0.29, 0.717) is 11.1 Å². The number of aliphatic carboxylic acids is 1. The number of fused-ring (bicyclic) bond motifs is 1. The van der Waals surface area contributed by atoms with Crippen molar-refractivity contribution in [1.82, 2.24) is 35.5 Å². The van der Waals surface area contributed by atoms with Crippen molar-refractivity contribution in [2.24, 2.45) is 0 Å². The molecule has 0 saturated carbocycles. The lowest BCUT2D eigenvalue weighted by Gasteiger charge is -2.25. The topological polar surface area (TPSA) is 234 Å². The van der Waals surface area contributed by atoms with Gasteiger partial charge in [-0.15, -0.1) is 0 Å². The fraction of sp³-hybridized carbons (Fsp3) is 0.206. The molecule has 0 aliphatic heterocycles. The maximum Gasteiger partial charge on any atom is 0.326 e. The number of anilines is 1. The zero-order chi connectivity index (χ0) is 34.9. The molecule has 3 amide bonds. The number of nitrogens with two attached hydrogens (primary N) is 1. The summed E-state index contributed by atoms with van der Waals surface area (Å²) in [6, 6.07) is 20.0. The number of imidazole rings is 1. The zero-order valence-electron chi connectivity index (χ0n) is 26.1. The van der Waals surface area contributed by atoms with Gasteiger partial charge in [-0.05, 0) is 28.8 Å². The molecule has 0 fully saturated rings. The van der Waals surface area contributed by atoms with Gasteiger partial charge in [0.15, 0.2) is 11.2 Å². The number of nitrogen functional groups attached to an aromatic ring is 1. The Labute approximate surface area is 279 Å². The Bertz CT molecular complexity index is 2000. The first kappa shape index (κ1) is 33.8. The van der Waals surface area contributed by atoms with Gasteiger partial charge in [0, 0.05) is 19.3 Å². The van der Waals surface area contributed by atoms with Crippen molar-refractivity contribution < 1.29 is 29.4 Å². The van der Waals surface area contributed by atoms with E-state index in [4.69, 9.17) is 5.73 Å². The van der Waals surface area contributed by atoms with Gasteiger partial charge < -0.3 is 36.5 Å². The second kappa shape index (κ2) is 15.4. The predicted octanol–water partition coefficient (Wildman–Crippen LogP) is 0.675. The van der Waals surface area contributed by atoms with E-state index >= 15 is 0 Å². The normalized spacial score (nSPS) is 12.8. The van der Waals surface area contributed by atoms with Crippen LogP contribution < -0.4 is 27.2 Å². The largest absolute Gasteiger partial charge is 0.508 e. The van der Waals surface area contributed by atoms with Crippen LogP contribution in [0.15, 0.2) is 96.1 Å². The van der Waals surface area contributed by atoms with Crippen molar-refractivity contribution in [1.29, 1.82) is 0 Å². The summed E-state index contributed by atoms with van der Waals surface area (Å²) < 4.78 is 1.32. The quantitative estimate of drug-likeness (QED) is 0.0875. The Hall–Kier alpha value is -6.51. The molecule has 0 aliphatic carbocycles. The molecule has 2 heterocycles. The molecule has 49 heavy (non-hydrogen) atoms. The van der Waals surface area contributed by atoms with Gasteiger partial charge in [0.2, 0.25) is 23.7 Å². The van der Waals surface area contributed by atoms with Crippen molar-refractivity contribution in [3.63, 3.8) is 0 Å². The molecule has 0 saturated heterocycles. The Morgan fingerprint density at radius 3 is 1.84 bits per heavy atom. The SMILES string of the molecule is Nc1nc2c(ncn2CC(=O)NC(Cc2ccccc2)C(=O)NC(Cc2ccccc2)C(=O)NC(Cc2ccc(O)cc2)C(=O)O)c(=O)[nH]1. The van der Waals surface area contributed by atoms with E-state index in [1.165, 1.54) is 23.0 Å². The number of benzene rings is 3. The number of nitrogens with zero attached hydrogens (tertiary/aromatic N) is 3. The number of carbonyl (C=O) groups is 4. The van der Waals surface area contributed by atoms with Crippen molar-refractivity contribution in [3.8, 4) is 5.75 Å². The van der Waals surface area contributed by atoms with Gasteiger partial charge in [0.05, 0.1) is 6.33 Å². The molecule has 5 rings (SSSR count). The van der Waals surface area contributed by atoms with Gasteiger partial charge >= 0.3 is 5.97 Å². The molecule has 252 valence electrons. The zero-order valence-corrected chi connectivity index (χ0v) is 26.1. The number of carboxylic acid groups (broad SMARTS) is 1. The molecule has 2 aromatic heterocycles. The van der Waals surface area contributed by atoms with E-state index < -0.39 is 47.4 Å². The summed E-state index contributed by atoms with van der Waals surface area (Å²) in [6.07, 6.45) is 1.27. The highest BCUT2D eigenvalue weighted by atomic mass is 16.4. The number of H-pyrrole nitrogens is 1. The van der Waals surface area contributed by atoms with Crippen molar-refractivity contribution in [2.45, 2.75) is 43.9 Å². The highest BCUT2D eigenvalue weighted by Crippen LogP contribution is 2.13. The average molecular weight is 667 g/mol. The number of hydrogen-bond acceptors (Lipinski definition) is 9. The molecule has 0 aliphatic rings. The standard InChI is InChI=1S/C34H34N8O7/c35-34-40-29-28(32(47)41-34)36-19-42(29)18-27(44)37-24(15-20-7-3-1-4-8-20)30(45)38-25(16-21-9-5-2-6-10-21)31(46)39-26(33(48)49)17-22-11-13-23(43)14-12-22/h1-14,19,24-26,43H,15-18H2,(H,37,44)(H,38,45)(H,39,46)(H,48,49)(H3,35,40,41,47). The molecule has 0 bridgehead atoms. The Morgan fingerprint density at radius 2 is 1.27 bits per heavy atom. The van der Waals surface area contributed by atoms with Gasteiger partial charge in [-0.3, -0.25) is 24.2 Å². The Kier molecular flexibility index (Phi) is 10.6. The third-order valence-corrected chi connectivity index (χ3v) is 7.65. The van der Waals surface area contributed by atoms with Crippen LogP contribution in [-0.2, 0) is 45.0 Å². The number of aromatic nitrogens is 4. The lowest BCUT2D eigenvalue weighted by atomic mass is 10.0. The monoisotopic (exact) mass is 666 g/mol. The number of carboxylic acids is 1. The molecule has 0 radical (unpaired) electrons. The molecule has 0 spiro atoms. The predicted molar refractivity (Wildman–Crippen MR) is 178 cm³/mol. The molecular weight excluding hydrogens is 632 g/mol. The van der Waals surface area contributed by atoms with Gasteiger partial charge in [-0.25, -0.2) is 9.78 Å². The Morgan fingerprint density at radius 1 is 0.755 bits per heavy atom. The minimum Gasteiger partial charge on any atom is -0.508 e. The highest BCUT2D eigenvalue weighted by Gasteiger charge is 2.30. The van der Waals surface area contributed by atoms with Crippen LogP contribution >= 0.6 is 0 Å². The lowest BCUT2D eigenvalue weighted by Crippen LogP contribution is -2.57. The van der Waals surface area contributed by atoms with Gasteiger partial charge in [0.1, 0.15) is 30.4 Å². The van der Waals surface area contributed by atoms with E-state index in [1.807, 2.05) is 0 Å². The summed E-state index contributed by atoms with van der Waals surface area (Å²) in [7, 11) is 0. The molecule has 15 nitrogen and oxygen atoms in total. The summed E-state index contributed by atoms with van der Waals surface area (Å²) >= 11 is 0. The number of rotatable bonds is 14. The van der Waals surface area contributed by atoms with Crippen LogP contribution in [0.2, 0.25) is 0 Å². The second-order valence-electron chi connectivity index (χ2n) is 11.3. The van der Waals surface area contributed by atoms with Crippen LogP contribution in [0.4, 0.5) is 5.95 Å². The maximum atomic E-state index is 13.9. The van der Waals surface area contributed by atoms with Crippen LogP contribution in [0.3, 0.4) is 0 Å². The number of aromatic hydroxyl groups is 1. The van der Waals surface area contributed by atoms with E-state index in [2.05, 4.69) is 30.9 Å². The number of hydrogen-bond donors (Lipinski definition) is 7. The summed E-state index contributed by atoms with van der Waals surface area (Å²) in [6.45, 7) is -0.351. The first-order chi connectivity index (χ1) is 23.5. The molecule has 3 atom stereocenters. The van der Waals surface area contributed by atoms with Crippen LogP contribution in [0.25, 0.3) is 11.2 Å². The summed E-state index contributed by atoms with van der Waals surface area (Å²) in [5.74, 6) is -3.47. The second-order valence-corrected chi connectivity index (χ2v) is 11.3. The van der Waals surface area contributed by atoms with E-state index in [0.717, 1.165) is 5.56 Å². The molecule has 5 aromatic rings. The third kappa shape index (κ3) is 9.06. The summed E-state index contributed by atoms with van der Waals surface area (Å²) in [4.78, 5) is 75.6. The van der Waals surface area contributed by atoms with Gasteiger partial charge in [0.25, 0.3) is 5.56 Å². The number of aromatic amines is 1. The van der Waals surface area contributed by atoms with Crippen LogP contribution in [-0.4, -0.2) is 71.5 Å². The Balaban J connectivity index is 1.37. The fourth-order valence-electron chi connectivity index (χ4n) is 5.21. The van der Waals surface area contributed by atoms with E-state index in [1.54, 1.807) is 72.8 Å².